The van der Waals surface area contributed by atoms with E-state index in [1.165, 1.54) is 18.6 Å². The Hall–Kier alpha value is -2.77. The van der Waals surface area contributed by atoms with Gasteiger partial charge in [-0.2, -0.15) is 5.10 Å². The molecule has 3 atom stereocenters. The van der Waals surface area contributed by atoms with E-state index in [0.29, 0.717) is 30.4 Å². The van der Waals surface area contributed by atoms with Crippen molar-refractivity contribution >= 4 is 17.0 Å². The molecule has 0 spiro atoms. The van der Waals surface area contributed by atoms with Crippen molar-refractivity contribution in [1.29, 1.82) is 0 Å². The highest BCUT2D eigenvalue weighted by atomic mass is 19.1. The van der Waals surface area contributed by atoms with Gasteiger partial charge in [0.1, 0.15) is 28.7 Å². The molecule has 6 nitrogen and oxygen atoms in total. The van der Waals surface area contributed by atoms with E-state index in [-0.39, 0.29) is 5.75 Å². The number of hydrogen-bond donors (Lipinski definition) is 0. The predicted octanol–water partition coefficient (Wildman–Crippen LogP) is 3.59. The summed E-state index contributed by atoms with van der Waals surface area (Å²) in [5.74, 6) is 1.41. The highest BCUT2D eigenvalue weighted by Crippen LogP contribution is 2.52. The number of fused-ring (bicyclic) bond motifs is 2. The minimum Gasteiger partial charge on any atom is -0.493 e. The van der Waals surface area contributed by atoms with E-state index >= 15 is 0 Å². The lowest BCUT2D eigenvalue weighted by Crippen LogP contribution is -2.26. The average molecular weight is 397 g/mol. The van der Waals surface area contributed by atoms with Crippen LogP contribution in [0.1, 0.15) is 25.3 Å². The molecule has 0 amide bonds. The van der Waals surface area contributed by atoms with E-state index in [1.54, 1.807) is 6.20 Å². The molecule has 0 N–H and O–H groups in total. The average Bonchev–Trinajstić information content (AvgIpc) is 2.99. The van der Waals surface area contributed by atoms with Gasteiger partial charge in [-0.05, 0) is 31.1 Å². The van der Waals surface area contributed by atoms with Gasteiger partial charge in [-0.15, -0.1) is 0 Å². The van der Waals surface area contributed by atoms with E-state index in [2.05, 4.69) is 15.0 Å². The number of nitrogens with zero attached hydrogens (tertiary/aromatic N) is 5. The fraction of sp³-hybridized carbons (Fsp3) is 0.476. The number of halogens is 2. The van der Waals surface area contributed by atoms with Crippen molar-refractivity contribution in [1.82, 2.24) is 19.7 Å². The third kappa shape index (κ3) is 2.92. The first-order chi connectivity index (χ1) is 14.2. The Bertz CT molecular complexity index is 1050. The second-order valence-corrected chi connectivity index (χ2v) is 8.42. The van der Waals surface area contributed by atoms with Crippen LogP contribution < -0.4 is 9.64 Å². The van der Waals surface area contributed by atoms with Crippen LogP contribution in [0.4, 0.5) is 14.6 Å². The standard InChI is InChI=1S/C21H21F2N5O/c22-12-4-13(23)6-15(5-12)29-11-18-16-9-27(10-17(16)18)20-8-24-19-7-25-28(21(19)26-20)14-2-1-3-14/h4-8,14,16-18H,1-3,9-11H2/t16-,17+,18?. The minimum absolute atomic E-state index is 0.255. The molecule has 29 heavy (non-hydrogen) atoms. The van der Waals surface area contributed by atoms with E-state index in [4.69, 9.17) is 9.72 Å². The molecule has 3 aliphatic rings. The first kappa shape index (κ1) is 17.1. The van der Waals surface area contributed by atoms with Crippen LogP contribution in [0.2, 0.25) is 0 Å². The molecule has 3 fully saturated rings. The summed E-state index contributed by atoms with van der Waals surface area (Å²) in [5.41, 5.74) is 1.72. The molecule has 1 aromatic carbocycles. The van der Waals surface area contributed by atoms with Crippen LogP contribution in [0.25, 0.3) is 11.2 Å². The molecule has 3 aromatic rings. The fourth-order valence-corrected chi connectivity index (χ4v) is 4.75. The molecule has 8 heteroatoms. The van der Waals surface area contributed by atoms with Gasteiger partial charge in [0.05, 0.1) is 25.0 Å². The van der Waals surface area contributed by atoms with Gasteiger partial charge < -0.3 is 9.64 Å². The van der Waals surface area contributed by atoms with Gasteiger partial charge in [0, 0.05) is 37.2 Å². The Labute approximate surface area is 166 Å². The molecule has 1 saturated heterocycles. The first-order valence-corrected chi connectivity index (χ1v) is 10.2. The van der Waals surface area contributed by atoms with Crippen LogP contribution in [0.5, 0.6) is 5.75 Å². The molecule has 2 aromatic heterocycles. The zero-order chi connectivity index (χ0) is 19.5. The lowest BCUT2D eigenvalue weighted by Gasteiger charge is -2.26. The lowest BCUT2D eigenvalue weighted by atomic mass is 9.93. The number of anilines is 1. The topological polar surface area (TPSA) is 56.1 Å². The Morgan fingerprint density at radius 1 is 1.03 bits per heavy atom. The van der Waals surface area contributed by atoms with Crippen molar-refractivity contribution < 1.29 is 13.5 Å². The third-order valence-electron chi connectivity index (χ3n) is 6.68. The largest absolute Gasteiger partial charge is 0.493 e. The number of hydrogen-bond acceptors (Lipinski definition) is 5. The number of piperidine rings is 1. The molecule has 0 bridgehead atoms. The zero-order valence-corrected chi connectivity index (χ0v) is 15.8. The molecule has 1 unspecified atom stereocenters. The number of rotatable bonds is 5. The SMILES string of the molecule is Fc1cc(F)cc(OCC2[C@H]3CN(c4cnc5cnn(C6CCC6)c5n4)C[C@@H]23)c1. The van der Waals surface area contributed by atoms with Crippen molar-refractivity contribution in [3.05, 3.63) is 42.2 Å². The summed E-state index contributed by atoms with van der Waals surface area (Å²) in [4.78, 5) is 11.7. The summed E-state index contributed by atoms with van der Waals surface area (Å²) < 4.78 is 34.2. The van der Waals surface area contributed by atoms with Gasteiger partial charge in [-0.3, -0.25) is 0 Å². The Morgan fingerprint density at radius 2 is 1.79 bits per heavy atom. The summed E-state index contributed by atoms with van der Waals surface area (Å²) in [6.07, 6.45) is 7.21. The number of benzene rings is 1. The third-order valence-corrected chi connectivity index (χ3v) is 6.68. The fourth-order valence-electron chi connectivity index (χ4n) is 4.75. The zero-order valence-electron chi connectivity index (χ0n) is 15.8. The summed E-state index contributed by atoms with van der Waals surface area (Å²) in [6, 6.07) is 3.76. The Balaban J connectivity index is 1.11. The molecule has 0 radical (unpaired) electrons. The molecular weight excluding hydrogens is 376 g/mol. The first-order valence-electron chi connectivity index (χ1n) is 10.2. The van der Waals surface area contributed by atoms with Gasteiger partial charge in [-0.1, -0.05) is 0 Å². The lowest BCUT2D eigenvalue weighted by molar-refractivity contribution is 0.280. The maximum absolute atomic E-state index is 13.3. The maximum atomic E-state index is 13.3. The number of ether oxygens (including phenoxy) is 1. The molecular formula is C21H21F2N5O. The minimum atomic E-state index is -0.614. The summed E-state index contributed by atoms with van der Waals surface area (Å²) in [6.45, 7) is 2.31. The van der Waals surface area contributed by atoms with Gasteiger partial charge in [0.2, 0.25) is 0 Å². The van der Waals surface area contributed by atoms with Crippen LogP contribution in [-0.2, 0) is 0 Å². The van der Waals surface area contributed by atoms with E-state index in [9.17, 15) is 8.78 Å². The quantitative estimate of drug-likeness (QED) is 0.659. The Kier molecular flexibility index (Phi) is 3.76. The van der Waals surface area contributed by atoms with Crippen LogP contribution in [0.3, 0.4) is 0 Å². The monoisotopic (exact) mass is 397 g/mol. The van der Waals surface area contributed by atoms with Crippen molar-refractivity contribution in [2.45, 2.75) is 25.3 Å². The summed E-state index contributed by atoms with van der Waals surface area (Å²) in [5, 5.41) is 4.49. The smallest absolute Gasteiger partial charge is 0.179 e. The molecule has 6 rings (SSSR count). The van der Waals surface area contributed by atoms with Crippen molar-refractivity contribution in [3.63, 3.8) is 0 Å². The Morgan fingerprint density at radius 3 is 2.48 bits per heavy atom. The van der Waals surface area contributed by atoms with Crippen LogP contribution in [-0.4, -0.2) is 39.4 Å². The second-order valence-electron chi connectivity index (χ2n) is 8.42. The van der Waals surface area contributed by atoms with E-state index in [1.807, 2.05) is 10.9 Å². The number of aromatic nitrogens is 4. The molecule has 150 valence electrons. The van der Waals surface area contributed by atoms with Gasteiger partial charge in [0.25, 0.3) is 0 Å². The van der Waals surface area contributed by atoms with Gasteiger partial charge in [-0.25, -0.2) is 23.4 Å². The normalized spacial score (nSPS) is 25.9. The molecule has 2 aliphatic carbocycles. The maximum Gasteiger partial charge on any atom is 0.179 e. The van der Waals surface area contributed by atoms with Crippen LogP contribution >= 0.6 is 0 Å². The van der Waals surface area contributed by atoms with Crippen molar-refractivity contribution in [3.8, 4) is 5.75 Å². The van der Waals surface area contributed by atoms with Crippen molar-refractivity contribution in [2.75, 3.05) is 24.6 Å². The van der Waals surface area contributed by atoms with Crippen molar-refractivity contribution in [2.24, 2.45) is 17.8 Å². The highest BCUT2D eigenvalue weighted by molar-refractivity contribution is 5.71. The van der Waals surface area contributed by atoms with E-state index < -0.39 is 11.6 Å². The van der Waals surface area contributed by atoms with E-state index in [0.717, 1.165) is 49.0 Å². The molecule has 2 saturated carbocycles. The van der Waals surface area contributed by atoms with Crippen LogP contribution in [0.15, 0.2) is 30.6 Å². The predicted molar refractivity (Wildman–Crippen MR) is 103 cm³/mol. The summed E-state index contributed by atoms with van der Waals surface area (Å²) >= 11 is 0. The van der Waals surface area contributed by atoms with Gasteiger partial charge in [0.15, 0.2) is 5.65 Å². The highest BCUT2D eigenvalue weighted by Gasteiger charge is 2.56. The molecule has 3 heterocycles. The van der Waals surface area contributed by atoms with Gasteiger partial charge >= 0.3 is 0 Å². The van der Waals surface area contributed by atoms with Crippen LogP contribution in [0, 0.1) is 29.4 Å². The second kappa shape index (κ2) is 6.37. The summed E-state index contributed by atoms with van der Waals surface area (Å²) in [7, 11) is 0. The molecule has 1 aliphatic heterocycles.